The zero-order valence-electron chi connectivity index (χ0n) is 15.0. The van der Waals surface area contributed by atoms with Gasteiger partial charge in [0, 0.05) is 31.7 Å². The van der Waals surface area contributed by atoms with Crippen molar-refractivity contribution in [1.29, 1.82) is 0 Å². The van der Waals surface area contributed by atoms with Crippen molar-refractivity contribution in [2.24, 2.45) is 0 Å². The molecule has 0 spiro atoms. The molecule has 9 nitrogen and oxygen atoms in total. The Balaban J connectivity index is 1.51. The van der Waals surface area contributed by atoms with Crippen LogP contribution in [0.4, 0.5) is 0 Å². The summed E-state index contributed by atoms with van der Waals surface area (Å²) < 4.78 is 37.5. The zero-order valence-corrected chi connectivity index (χ0v) is 15.8. The van der Waals surface area contributed by atoms with Gasteiger partial charge in [-0.25, -0.2) is 13.1 Å². The van der Waals surface area contributed by atoms with Gasteiger partial charge in [-0.2, -0.15) is 4.98 Å². The Bertz CT molecular complexity index is 873. The molecule has 146 valence electrons. The van der Waals surface area contributed by atoms with E-state index in [1.54, 1.807) is 6.92 Å². The normalized spacial score (nSPS) is 17.1. The highest BCUT2D eigenvalue weighted by atomic mass is 32.2. The van der Waals surface area contributed by atoms with E-state index in [0.717, 1.165) is 12.8 Å². The van der Waals surface area contributed by atoms with Gasteiger partial charge in [-0.15, -0.1) is 0 Å². The van der Waals surface area contributed by atoms with Crippen LogP contribution in [0.1, 0.15) is 34.9 Å². The number of amides is 1. The molecule has 2 heterocycles. The lowest BCUT2D eigenvalue weighted by atomic mass is 10.2. The summed E-state index contributed by atoms with van der Waals surface area (Å²) >= 11 is 0. The molecule has 2 aromatic rings. The number of sulfonamides is 1. The predicted octanol–water partition coefficient (Wildman–Crippen LogP) is 0.808. The summed E-state index contributed by atoms with van der Waals surface area (Å²) in [4.78, 5) is 16.3. The van der Waals surface area contributed by atoms with E-state index in [-0.39, 0.29) is 23.5 Å². The fourth-order valence-electron chi connectivity index (χ4n) is 2.70. The first-order valence-electron chi connectivity index (χ1n) is 8.73. The van der Waals surface area contributed by atoms with Gasteiger partial charge in [0.05, 0.1) is 11.0 Å². The van der Waals surface area contributed by atoms with Gasteiger partial charge >= 0.3 is 0 Å². The number of hydrogen-bond acceptors (Lipinski definition) is 7. The maximum atomic E-state index is 12.3. The van der Waals surface area contributed by atoms with Crippen molar-refractivity contribution in [1.82, 2.24) is 20.2 Å². The number of nitrogens with zero attached hydrogens (tertiary/aromatic N) is 2. The summed E-state index contributed by atoms with van der Waals surface area (Å²) in [7, 11) is -3.63. The molecule has 1 aliphatic heterocycles. The molecule has 1 aromatic heterocycles. The van der Waals surface area contributed by atoms with Crippen molar-refractivity contribution >= 4 is 15.9 Å². The summed E-state index contributed by atoms with van der Waals surface area (Å²) in [6.07, 6.45) is 2.15. The van der Waals surface area contributed by atoms with E-state index in [4.69, 9.17) is 9.26 Å². The topological polar surface area (TPSA) is 123 Å². The van der Waals surface area contributed by atoms with Crippen LogP contribution < -0.4 is 10.0 Å². The Hall–Kier alpha value is -2.30. The van der Waals surface area contributed by atoms with E-state index in [9.17, 15) is 13.2 Å². The minimum absolute atomic E-state index is 0.0764. The number of nitrogens with one attached hydrogen (secondary N) is 2. The van der Waals surface area contributed by atoms with E-state index in [1.165, 1.54) is 24.3 Å². The average molecular weight is 394 g/mol. The molecular formula is C17H22N4O5S. The van der Waals surface area contributed by atoms with Crippen LogP contribution >= 0.6 is 0 Å². The van der Waals surface area contributed by atoms with Crippen molar-refractivity contribution in [2.45, 2.75) is 37.2 Å². The fraction of sp³-hybridized carbons (Fsp3) is 0.471. The smallest absolute Gasteiger partial charge is 0.251 e. The Kier molecular flexibility index (Phi) is 6.19. The van der Waals surface area contributed by atoms with Crippen molar-refractivity contribution in [3.05, 3.63) is 41.5 Å². The van der Waals surface area contributed by atoms with Crippen LogP contribution in [0.15, 0.2) is 33.7 Å². The van der Waals surface area contributed by atoms with Crippen molar-refractivity contribution in [3.8, 4) is 0 Å². The van der Waals surface area contributed by atoms with E-state index in [0.29, 0.717) is 36.9 Å². The largest absolute Gasteiger partial charge is 0.377 e. The standard InChI is InChI=1S/C17H22N4O5S/c1-12-20-16(26-21-12)8-9-18-17(22)13-4-6-15(7-5-13)27(23,24)19-11-14-3-2-10-25-14/h4-7,14,19H,2-3,8-11H2,1H3,(H,18,22). The van der Waals surface area contributed by atoms with Gasteiger partial charge < -0.3 is 14.6 Å². The Labute approximate surface area is 157 Å². The molecule has 3 rings (SSSR count). The molecule has 0 saturated carbocycles. The number of aryl methyl sites for hydroxylation is 1. The molecule has 1 unspecified atom stereocenters. The quantitative estimate of drug-likeness (QED) is 0.679. The van der Waals surface area contributed by atoms with E-state index < -0.39 is 10.0 Å². The summed E-state index contributed by atoms with van der Waals surface area (Å²) in [5.74, 6) is 0.690. The second kappa shape index (κ2) is 8.59. The molecule has 27 heavy (non-hydrogen) atoms. The molecular weight excluding hydrogens is 372 g/mol. The lowest BCUT2D eigenvalue weighted by molar-refractivity contribution is 0.0953. The number of hydrogen-bond donors (Lipinski definition) is 2. The SMILES string of the molecule is Cc1noc(CCNC(=O)c2ccc(S(=O)(=O)NCC3CCCO3)cc2)n1. The second-order valence-electron chi connectivity index (χ2n) is 6.25. The summed E-state index contributed by atoms with van der Waals surface area (Å²) in [5.41, 5.74) is 0.370. The van der Waals surface area contributed by atoms with Crippen LogP contribution in [0, 0.1) is 6.92 Å². The van der Waals surface area contributed by atoms with Gasteiger partial charge in [0.15, 0.2) is 5.82 Å². The monoisotopic (exact) mass is 394 g/mol. The molecule has 10 heteroatoms. The molecule has 1 saturated heterocycles. The molecule has 1 atom stereocenters. The molecule has 1 aliphatic rings. The Morgan fingerprint density at radius 2 is 2.07 bits per heavy atom. The van der Waals surface area contributed by atoms with Crippen LogP contribution in [-0.2, 0) is 21.2 Å². The minimum atomic E-state index is -3.63. The summed E-state index contributed by atoms with van der Waals surface area (Å²) in [6.45, 7) is 2.97. The first-order valence-corrected chi connectivity index (χ1v) is 10.2. The summed E-state index contributed by atoms with van der Waals surface area (Å²) in [6, 6.07) is 5.78. The molecule has 1 aromatic carbocycles. The highest BCUT2D eigenvalue weighted by Crippen LogP contribution is 2.14. The Morgan fingerprint density at radius 3 is 2.70 bits per heavy atom. The molecule has 0 bridgehead atoms. The Morgan fingerprint density at radius 1 is 1.30 bits per heavy atom. The highest BCUT2D eigenvalue weighted by molar-refractivity contribution is 7.89. The molecule has 1 amide bonds. The second-order valence-corrected chi connectivity index (χ2v) is 8.02. The maximum Gasteiger partial charge on any atom is 0.251 e. The maximum absolute atomic E-state index is 12.3. The van der Waals surface area contributed by atoms with Crippen LogP contribution in [0.25, 0.3) is 0 Å². The van der Waals surface area contributed by atoms with E-state index in [1.807, 2.05) is 0 Å². The number of aromatic nitrogens is 2. The number of benzene rings is 1. The van der Waals surface area contributed by atoms with Gasteiger partial charge in [-0.05, 0) is 44.0 Å². The van der Waals surface area contributed by atoms with Crippen molar-refractivity contribution in [3.63, 3.8) is 0 Å². The third kappa shape index (κ3) is 5.34. The predicted molar refractivity (Wildman–Crippen MR) is 95.7 cm³/mol. The van der Waals surface area contributed by atoms with Crippen LogP contribution in [0.2, 0.25) is 0 Å². The average Bonchev–Trinajstić information content (AvgIpc) is 3.32. The number of ether oxygens (including phenoxy) is 1. The van der Waals surface area contributed by atoms with Gasteiger partial charge in [-0.3, -0.25) is 4.79 Å². The fourth-order valence-corrected chi connectivity index (χ4v) is 3.77. The van der Waals surface area contributed by atoms with Crippen LogP contribution in [0.5, 0.6) is 0 Å². The van der Waals surface area contributed by atoms with Gasteiger partial charge in [0.2, 0.25) is 15.9 Å². The minimum Gasteiger partial charge on any atom is -0.377 e. The lowest BCUT2D eigenvalue weighted by Crippen LogP contribution is -2.32. The van der Waals surface area contributed by atoms with Crippen molar-refractivity contribution in [2.75, 3.05) is 19.7 Å². The van der Waals surface area contributed by atoms with Gasteiger partial charge in [0.25, 0.3) is 5.91 Å². The number of carbonyl (C=O) groups excluding carboxylic acids is 1. The van der Waals surface area contributed by atoms with Crippen molar-refractivity contribution < 1.29 is 22.5 Å². The molecule has 1 fully saturated rings. The summed E-state index contributed by atoms with van der Waals surface area (Å²) in [5, 5.41) is 6.40. The van der Waals surface area contributed by atoms with Gasteiger partial charge in [-0.1, -0.05) is 5.16 Å². The number of carbonyl (C=O) groups is 1. The number of rotatable bonds is 8. The van der Waals surface area contributed by atoms with E-state index in [2.05, 4.69) is 20.2 Å². The molecule has 0 aliphatic carbocycles. The van der Waals surface area contributed by atoms with Crippen LogP contribution in [-0.4, -0.2) is 50.3 Å². The molecule has 0 radical (unpaired) electrons. The van der Waals surface area contributed by atoms with Gasteiger partial charge in [0.1, 0.15) is 0 Å². The first-order chi connectivity index (χ1) is 12.9. The van der Waals surface area contributed by atoms with Crippen LogP contribution in [0.3, 0.4) is 0 Å². The first kappa shape index (κ1) is 19.5. The highest BCUT2D eigenvalue weighted by Gasteiger charge is 2.20. The third-order valence-corrected chi connectivity index (χ3v) is 5.59. The lowest BCUT2D eigenvalue weighted by Gasteiger charge is -2.11. The third-order valence-electron chi connectivity index (χ3n) is 4.15. The van der Waals surface area contributed by atoms with E-state index >= 15 is 0 Å². The molecule has 2 N–H and O–H groups in total. The zero-order chi connectivity index (χ0) is 19.3.